The second-order valence-corrected chi connectivity index (χ2v) is 2.72. The average Bonchev–Trinajstić information content (AvgIpc) is 1.90. The Morgan fingerprint density at radius 3 is 2.25 bits per heavy atom. The van der Waals surface area contributed by atoms with Crippen LogP contribution in [0.4, 0.5) is 0 Å². The van der Waals surface area contributed by atoms with Gasteiger partial charge in [0.15, 0.2) is 0 Å². The van der Waals surface area contributed by atoms with Crippen molar-refractivity contribution in [3.05, 3.63) is 0 Å². The average molecular weight is 115 g/mol. The van der Waals surface area contributed by atoms with Gasteiger partial charge in [0.25, 0.3) is 0 Å². The second-order valence-electron chi connectivity index (χ2n) is 2.72. The summed E-state index contributed by atoms with van der Waals surface area (Å²) < 4.78 is 6.92. The van der Waals surface area contributed by atoms with Crippen LogP contribution in [0.25, 0.3) is 0 Å². The van der Waals surface area contributed by atoms with E-state index in [1.807, 2.05) is 0 Å². The third-order valence-electron chi connectivity index (χ3n) is 1.75. The molecule has 8 heavy (non-hydrogen) atoms. The van der Waals surface area contributed by atoms with Crippen LogP contribution in [0.3, 0.4) is 0 Å². The molecular weight excluding hydrogens is 100 g/mol. The molecular formula is C6H14N2. The SMILES string of the molecule is [2H]NC1(N)CCCCC1. The Kier molecular flexibility index (Phi) is 1.21. The molecule has 1 aliphatic carbocycles. The van der Waals surface area contributed by atoms with Crippen LogP contribution >= 0.6 is 0 Å². The summed E-state index contributed by atoms with van der Waals surface area (Å²) in [6, 6.07) is 0. The van der Waals surface area contributed by atoms with Gasteiger partial charge in [0.1, 0.15) is 1.41 Å². The Labute approximate surface area is 51.7 Å². The van der Waals surface area contributed by atoms with Gasteiger partial charge in [0, 0.05) is 0 Å². The first-order chi connectivity index (χ1) is 4.27. The summed E-state index contributed by atoms with van der Waals surface area (Å²) in [4.78, 5) is 0. The maximum Gasteiger partial charge on any atom is 0.120 e. The lowest BCUT2D eigenvalue weighted by Gasteiger charge is -2.28. The molecule has 0 radical (unpaired) electrons. The van der Waals surface area contributed by atoms with Crippen LogP contribution in [0.15, 0.2) is 0 Å². The zero-order valence-corrected chi connectivity index (χ0v) is 5.11. The van der Waals surface area contributed by atoms with E-state index >= 15 is 0 Å². The Morgan fingerprint density at radius 2 is 1.88 bits per heavy atom. The number of hydrogen-bond donors (Lipinski definition) is 2. The lowest BCUT2D eigenvalue weighted by molar-refractivity contribution is 0.306. The van der Waals surface area contributed by atoms with E-state index < -0.39 is 0 Å². The van der Waals surface area contributed by atoms with Crippen molar-refractivity contribution in [2.75, 3.05) is 0 Å². The van der Waals surface area contributed by atoms with Crippen molar-refractivity contribution in [1.29, 1.82) is 0 Å². The quantitative estimate of drug-likeness (QED) is 0.491. The van der Waals surface area contributed by atoms with Crippen LogP contribution in [0.2, 0.25) is 1.41 Å². The molecule has 1 fully saturated rings. The van der Waals surface area contributed by atoms with E-state index in [2.05, 4.69) is 5.73 Å². The standard InChI is InChI=1S/C6H14N2/c7-6(8)4-2-1-3-5-6/h1-5,7-8H2/i/hD. The first kappa shape index (κ1) is 4.77. The molecule has 0 saturated heterocycles. The molecule has 4 N–H and O–H groups in total. The Morgan fingerprint density at radius 1 is 1.25 bits per heavy atom. The molecule has 0 aliphatic heterocycles. The predicted octanol–water partition coefficient (Wildman–Crippen LogP) is 0.564. The van der Waals surface area contributed by atoms with E-state index in [9.17, 15) is 0 Å². The Hall–Kier alpha value is -0.0800. The molecule has 1 aliphatic rings. The molecule has 0 heterocycles. The van der Waals surface area contributed by atoms with Gasteiger partial charge in [-0.25, -0.2) is 0 Å². The summed E-state index contributed by atoms with van der Waals surface area (Å²) in [6.07, 6.45) is 5.53. The fourth-order valence-electron chi connectivity index (χ4n) is 1.18. The molecule has 0 amide bonds. The van der Waals surface area contributed by atoms with Crippen molar-refractivity contribution in [3.63, 3.8) is 0 Å². The summed E-state index contributed by atoms with van der Waals surface area (Å²) in [5.41, 5.74) is 7.80. The fraction of sp³-hybridized carbons (Fsp3) is 1.00. The van der Waals surface area contributed by atoms with Gasteiger partial charge in [0.2, 0.25) is 0 Å². The molecule has 0 aromatic rings. The topological polar surface area (TPSA) is 52.0 Å². The normalized spacial score (nSPS) is 29.4. The molecule has 2 nitrogen and oxygen atoms in total. The highest BCUT2D eigenvalue weighted by molar-refractivity contribution is 4.79. The van der Waals surface area contributed by atoms with E-state index in [0.29, 0.717) is 0 Å². The lowest BCUT2D eigenvalue weighted by Crippen LogP contribution is -2.50. The summed E-state index contributed by atoms with van der Waals surface area (Å²) >= 11 is 0. The van der Waals surface area contributed by atoms with Gasteiger partial charge in [0.05, 0.1) is 5.66 Å². The molecule has 0 aromatic carbocycles. The van der Waals surface area contributed by atoms with Crippen molar-refractivity contribution in [2.24, 2.45) is 11.5 Å². The van der Waals surface area contributed by atoms with Crippen LogP contribution in [0.1, 0.15) is 32.1 Å². The highest BCUT2D eigenvalue weighted by Gasteiger charge is 2.21. The maximum absolute atomic E-state index is 6.92. The smallest absolute Gasteiger partial charge is 0.120 e. The minimum atomic E-state index is -0.363. The summed E-state index contributed by atoms with van der Waals surface area (Å²) in [5.74, 6) is 0. The van der Waals surface area contributed by atoms with Crippen LogP contribution in [0, 0.1) is 0 Å². The summed E-state index contributed by atoms with van der Waals surface area (Å²) in [6.45, 7) is 0. The Bertz CT molecular complexity index is 89.1. The molecule has 1 saturated carbocycles. The largest absolute Gasteiger partial charge is 0.313 e. The predicted molar refractivity (Wildman–Crippen MR) is 34.2 cm³/mol. The molecule has 0 unspecified atom stereocenters. The Balaban J connectivity index is 2.37. The minimum absolute atomic E-state index is 0.363. The van der Waals surface area contributed by atoms with Crippen LogP contribution in [-0.4, -0.2) is 5.66 Å². The van der Waals surface area contributed by atoms with E-state index in [4.69, 9.17) is 7.15 Å². The molecule has 0 atom stereocenters. The van der Waals surface area contributed by atoms with E-state index in [1.54, 1.807) is 0 Å². The van der Waals surface area contributed by atoms with Gasteiger partial charge in [-0.15, -0.1) is 0 Å². The fourth-order valence-corrected chi connectivity index (χ4v) is 1.18. The first-order valence-electron chi connectivity index (χ1n) is 3.75. The van der Waals surface area contributed by atoms with Crippen LogP contribution < -0.4 is 11.5 Å². The maximum atomic E-state index is 6.92. The van der Waals surface area contributed by atoms with E-state index in [1.165, 1.54) is 19.3 Å². The molecule has 2 heteroatoms. The number of hydrogen-bond acceptors (Lipinski definition) is 2. The number of rotatable bonds is 1. The van der Waals surface area contributed by atoms with Crippen LogP contribution in [-0.2, 0) is 0 Å². The van der Waals surface area contributed by atoms with Crippen molar-refractivity contribution < 1.29 is 1.41 Å². The second kappa shape index (κ2) is 2.03. The molecule has 0 bridgehead atoms. The molecule has 48 valence electrons. The lowest BCUT2D eigenvalue weighted by atomic mass is 9.91. The van der Waals surface area contributed by atoms with Gasteiger partial charge in [-0.3, -0.25) is 0 Å². The third kappa shape index (κ3) is 1.46. The zero-order valence-electron chi connectivity index (χ0n) is 6.11. The molecule has 0 spiro atoms. The van der Waals surface area contributed by atoms with Gasteiger partial charge >= 0.3 is 0 Å². The van der Waals surface area contributed by atoms with E-state index in [0.717, 1.165) is 12.8 Å². The van der Waals surface area contributed by atoms with Gasteiger partial charge in [-0.2, -0.15) is 0 Å². The van der Waals surface area contributed by atoms with Crippen LogP contribution in [0.5, 0.6) is 0 Å². The van der Waals surface area contributed by atoms with Gasteiger partial charge in [-0.1, -0.05) is 19.3 Å². The van der Waals surface area contributed by atoms with E-state index in [-0.39, 0.29) is 5.66 Å². The highest BCUT2D eigenvalue weighted by Crippen LogP contribution is 2.20. The highest BCUT2D eigenvalue weighted by atomic mass is 14.9. The van der Waals surface area contributed by atoms with Gasteiger partial charge < -0.3 is 11.5 Å². The molecule has 0 aromatic heterocycles. The third-order valence-corrected chi connectivity index (χ3v) is 1.75. The van der Waals surface area contributed by atoms with Crippen molar-refractivity contribution in [3.8, 4) is 0 Å². The summed E-state index contributed by atoms with van der Waals surface area (Å²) in [7, 11) is 0. The molecule has 1 rings (SSSR count). The van der Waals surface area contributed by atoms with Crippen molar-refractivity contribution >= 4 is 0 Å². The number of nitrogens with two attached hydrogens (primary N) is 2. The van der Waals surface area contributed by atoms with Crippen molar-refractivity contribution in [1.82, 2.24) is 0 Å². The monoisotopic (exact) mass is 115 g/mol. The first-order valence-corrected chi connectivity index (χ1v) is 3.25. The van der Waals surface area contributed by atoms with Gasteiger partial charge in [-0.05, 0) is 12.8 Å². The zero-order chi connectivity index (χ0) is 6.74. The summed E-state index contributed by atoms with van der Waals surface area (Å²) in [5, 5.41) is 0. The minimum Gasteiger partial charge on any atom is -0.313 e. The van der Waals surface area contributed by atoms with Crippen molar-refractivity contribution in [2.45, 2.75) is 37.8 Å².